The van der Waals surface area contributed by atoms with Gasteiger partial charge in [0, 0.05) is 17.2 Å². The van der Waals surface area contributed by atoms with Crippen LogP contribution in [-0.4, -0.2) is 5.91 Å². The molecular weight excluding hydrogens is 312 g/mol. The molecule has 23 heavy (non-hydrogen) atoms. The lowest BCUT2D eigenvalue weighted by Gasteiger charge is -2.22. The van der Waals surface area contributed by atoms with Gasteiger partial charge in [0.15, 0.2) is 12.4 Å². The van der Waals surface area contributed by atoms with Crippen LogP contribution in [0.25, 0.3) is 0 Å². The number of rotatable bonds is 5. The van der Waals surface area contributed by atoms with Gasteiger partial charge in [0.05, 0.1) is 18.1 Å². The SMILES string of the molecule is N#CC(C#N)[C@@H](c1ccccc1Cl)[C@H](C(N)=O)[n+]1ccccc1. The topological polar surface area (TPSA) is 94.5 Å². The van der Waals surface area contributed by atoms with Crippen molar-refractivity contribution in [3.05, 3.63) is 65.4 Å². The van der Waals surface area contributed by atoms with E-state index in [1.54, 1.807) is 59.4 Å². The Bertz CT molecular complexity index is 765. The lowest BCUT2D eigenvalue weighted by molar-refractivity contribution is -0.712. The van der Waals surface area contributed by atoms with E-state index in [0.29, 0.717) is 10.6 Å². The normalized spacial score (nSPS) is 12.9. The number of halogens is 1. The Morgan fingerprint density at radius 1 is 1.09 bits per heavy atom. The fourth-order valence-electron chi connectivity index (χ4n) is 2.57. The first-order chi connectivity index (χ1) is 11.1. The number of hydrogen-bond acceptors (Lipinski definition) is 3. The summed E-state index contributed by atoms with van der Waals surface area (Å²) >= 11 is 6.23. The van der Waals surface area contributed by atoms with Crippen molar-refractivity contribution < 1.29 is 9.36 Å². The quantitative estimate of drug-likeness (QED) is 0.853. The highest BCUT2D eigenvalue weighted by molar-refractivity contribution is 6.31. The van der Waals surface area contributed by atoms with Gasteiger partial charge in [-0.2, -0.15) is 15.1 Å². The third kappa shape index (κ3) is 3.48. The summed E-state index contributed by atoms with van der Waals surface area (Å²) in [5.74, 6) is -2.48. The standard InChI is InChI=1S/C17H13ClN4O/c18-14-7-3-2-6-13(14)15(12(10-19)11-20)16(17(21)23)22-8-4-1-5-9-22/h1-9,12,15-16H,(H-,21,23)/p+1/t15-,16+/m0/s1. The average Bonchev–Trinajstić information content (AvgIpc) is 2.56. The smallest absolute Gasteiger partial charge is 0.287 e. The molecule has 0 fully saturated rings. The molecule has 1 aromatic heterocycles. The maximum atomic E-state index is 12.1. The third-order valence-electron chi connectivity index (χ3n) is 3.59. The molecule has 0 aliphatic heterocycles. The van der Waals surface area contributed by atoms with Crippen LogP contribution >= 0.6 is 11.6 Å². The number of carbonyl (C=O) groups is 1. The molecule has 0 unspecified atom stereocenters. The molecule has 0 saturated carbocycles. The van der Waals surface area contributed by atoms with Gasteiger partial charge in [0.25, 0.3) is 5.91 Å². The summed E-state index contributed by atoms with van der Waals surface area (Å²) in [6.07, 6.45) is 3.34. The number of carbonyl (C=O) groups excluding carboxylic acids is 1. The fourth-order valence-corrected chi connectivity index (χ4v) is 2.84. The molecule has 1 heterocycles. The minimum absolute atomic E-state index is 0.385. The van der Waals surface area contributed by atoms with Gasteiger partial charge in [0.1, 0.15) is 5.92 Å². The molecule has 2 atom stereocenters. The predicted molar refractivity (Wildman–Crippen MR) is 83.8 cm³/mol. The van der Waals surface area contributed by atoms with Gasteiger partial charge < -0.3 is 5.73 Å². The summed E-state index contributed by atoms with van der Waals surface area (Å²) in [5.41, 5.74) is 6.13. The molecular formula is C17H14ClN4O+. The zero-order valence-electron chi connectivity index (χ0n) is 12.1. The van der Waals surface area contributed by atoms with E-state index >= 15 is 0 Å². The van der Waals surface area contributed by atoms with E-state index in [2.05, 4.69) is 0 Å². The zero-order valence-corrected chi connectivity index (χ0v) is 12.9. The largest absolute Gasteiger partial charge is 0.364 e. The van der Waals surface area contributed by atoms with E-state index in [9.17, 15) is 15.3 Å². The van der Waals surface area contributed by atoms with E-state index in [-0.39, 0.29) is 0 Å². The summed E-state index contributed by atoms with van der Waals surface area (Å²) < 4.78 is 1.60. The van der Waals surface area contributed by atoms with E-state index < -0.39 is 23.8 Å². The highest BCUT2D eigenvalue weighted by Crippen LogP contribution is 2.36. The number of aromatic nitrogens is 1. The van der Waals surface area contributed by atoms with Crippen LogP contribution in [-0.2, 0) is 4.79 Å². The lowest BCUT2D eigenvalue weighted by atomic mass is 9.81. The third-order valence-corrected chi connectivity index (χ3v) is 3.94. The maximum Gasteiger partial charge on any atom is 0.287 e. The number of amides is 1. The number of nitrogens with two attached hydrogens (primary N) is 1. The Balaban J connectivity index is 2.65. The average molecular weight is 326 g/mol. The molecule has 1 aromatic carbocycles. The minimum Gasteiger partial charge on any atom is -0.364 e. The highest BCUT2D eigenvalue weighted by Gasteiger charge is 2.42. The molecule has 2 N–H and O–H groups in total. The van der Waals surface area contributed by atoms with Crippen molar-refractivity contribution in [2.45, 2.75) is 12.0 Å². The Morgan fingerprint density at radius 3 is 2.22 bits per heavy atom. The molecule has 5 nitrogen and oxygen atoms in total. The van der Waals surface area contributed by atoms with Crippen LogP contribution in [0.4, 0.5) is 0 Å². The van der Waals surface area contributed by atoms with Crippen molar-refractivity contribution in [1.29, 1.82) is 10.5 Å². The Hall–Kier alpha value is -2.89. The first-order valence-electron chi connectivity index (χ1n) is 6.89. The van der Waals surface area contributed by atoms with Gasteiger partial charge >= 0.3 is 0 Å². The first-order valence-corrected chi connectivity index (χ1v) is 7.26. The van der Waals surface area contributed by atoms with E-state index in [0.717, 1.165) is 0 Å². The number of hydrogen-bond donors (Lipinski definition) is 1. The molecule has 0 saturated heterocycles. The first kappa shape index (κ1) is 16.5. The number of primary amides is 1. The molecule has 1 amide bonds. The predicted octanol–water partition coefficient (Wildman–Crippen LogP) is 2.10. The van der Waals surface area contributed by atoms with Crippen LogP contribution in [0.5, 0.6) is 0 Å². The van der Waals surface area contributed by atoms with Gasteiger partial charge in [-0.25, -0.2) is 0 Å². The Morgan fingerprint density at radius 2 is 1.70 bits per heavy atom. The monoisotopic (exact) mass is 325 g/mol. The van der Waals surface area contributed by atoms with Crippen molar-refractivity contribution >= 4 is 17.5 Å². The second-order valence-electron chi connectivity index (χ2n) is 4.95. The molecule has 0 aliphatic carbocycles. The number of benzene rings is 1. The maximum absolute atomic E-state index is 12.1. The molecule has 2 aromatic rings. The second-order valence-corrected chi connectivity index (χ2v) is 5.36. The highest BCUT2D eigenvalue weighted by atomic mass is 35.5. The Kier molecular flexibility index (Phi) is 5.30. The molecule has 0 aliphatic rings. The van der Waals surface area contributed by atoms with Gasteiger partial charge in [0.2, 0.25) is 6.04 Å². The molecule has 114 valence electrons. The minimum atomic E-state index is -1.07. The molecule has 0 radical (unpaired) electrons. The van der Waals surface area contributed by atoms with Crippen molar-refractivity contribution in [2.75, 3.05) is 0 Å². The summed E-state index contributed by atoms with van der Waals surface area (Å²) in [7, 11) is 0. The van der Waals surface area contributed by atoms with Crippen molar-refractivity contribution in [1.82, 2.24) is 0 Å². The fraction of sp³-hybridized carbons (Fsp3) is 0.176. The van der Waals surface area contributed by atoms with Gasteiger partial charge in [-0.1, -0.05) is 35.9 Å². The van der Waals surface area contributed by atoms with Crippen LogP contribution in [0, 0.1) is 28.6 Å². The van der Waals surface area contributed by atoms with Crippen LogP contribution < -0.4 is 10.3 Å². The van der Waals surface area contributed by atoms with Gasteiger partial charge in [-0.05, 0) is 11.6 Å². The summed E-state index contributed by atoms with van der Waals surface area (Å²) in [6.45, 7) is 0. The second kappa shape index (κ2) is 7.40. The van der Waals surface area contributed by atoms with Crippen molar-refractivity contribution in [2.24, 2.45) is 11.7 Å². The summed E-state index contributed by atoms with van der Waals surface area (Å²) in [5, 5.41) is 19.1. The summed E-state index contributed by atoms with van der Waals surface area (Å²) in [4.78, 5) is 12.1. The van der Waals surface area contributed by atoms with Crippen LogP contribution in [0.2, 0.25) is 5.02 Å². The number of nitriles is 2. The Labute approximate surface area is 139 Å². The molecule has 0 spiro atoms. The zero-order chi connectivity index (χ0) is 16.8. The van der Waals surface area contributed by atoms with E-state index in [1.165, 1.54) is 0 Å². The van der Waals surface area contributed by atoms with Gasteiger partial charge in [-0.3, -0.25) is 4.79 Å². The van der Waals surface area contributed by atoms with Crippen LogP contribution in [0.1, 0.15) is 17.5 Å². The number of nitrogens with zero attached hydrogens (tertiary/aromatic N) is 3. The molecule has 6 heteroatoms. The summed E-state index contributed by atoms with van der Waals surface area (Å²) in [6, 6.07) is 15.1. The van der Waals surface area contributed by atoms with Crippen LogP contribution in [0.3, 0.4) is 0 Å². The molecule has 0 bridgehead atoms. The van der Waals surface area contributed by atoms with E-state index in [1.807, 2.05) is 12.1 Å². The number of pyridine rings is 1. The van der Waals surface area contributed by atoms with Crippen molar-refractivity contribution in [3.63, 3.8) is 0 Å². The molecule has 2 rings (SSSR count). The van der Waals surface area contributed by atoms with E-state index in [4.69, 9.17) is 17.3 Å². The van der Waals surface area contributed by atoms with Gasteiger partial charge in [-0.15, -0.1) is 0 Å². The van der Waals surface area contributed by atoms with Crippen LogP contribution in [0.15, 0.2) is 54.9 Å². The van der Waals surface area contributed by atoms with Crippen molar-refractivity contribution in [3.8, 4) is 12.1 Å². The lowest BCUT2D eigenvalue weighted by Crippen LogP contribution is -2.50.